The maximum absolute atomic E-state index is 13.2. The molecule has 0 saturated heterocycles. The molecule has 146 valence electrons. The largest absolute Gasteiger partial charge is 0.384 e. The molecule has 8 nitrogen and oxygen atoms in total. The normalized spacial score (nSPS) is 16.2. The topological polar surface area (TPSA) is 103 Å². The van der Waals surface area contributed by atoms with E-state index in [9.17, 15) is 9.18 Å². The number of thiazole rings is 1. The van der Waals surface area contributed by atoms with Crippen LogP contribution in [-0.4, -0.2) is 42.1 Å². The van der Waals surface area contributed by atoms with Crippen molar-refractivity contribution in [1.29, 1.82) is 0 Å². The number of nitrogen functional groups attached to an aromatic ring is 1. The van der Waals surface area contributed by atoms with E-state index in [1.807, 2.05) is 11.5 Å². The molecule has 5 rings (SSSR count). The Bertz CT molecular complexity index is 1230. The number of hydrogen-bond acceptors (Lipinski definition) is 7. The first kappa shape index (κ1) is 17.7. The third-order valence-corrected chi connectivity index (χ3v) is 6.04. The van der Waals surface area contributed by atoms with E-state index in [1.54, 1.807) is 17.2 Å². The molecular weight excluding hydrogens is 393 g/mol. The third-order valence-electron chi connectivity index (χ3n) is 5.02. The van der Waals surface area contributed by atoms with Gasteiger partial charge in [0, 0.05) is 18.7 Å². The lowest BCUT2D eigenvalue weighted by atomic mass is 10.1. The van der Waals surface area contributed by atoms with Gasteiger partial charge in [0.2, 0.25) is 0 Å². The van der Waals surface area contributed by atoms with Crippen LogP contribution < -0.4 is 5.73 Å². The van der Waals surface area contributed by atoms with E-state index in [0.29, 0.717) is 36.1 Å². The first-order valence-corrected chi connectivity index (χ1v) is 9.85. The lowest BCUT2D eigenvalue weighted by Crippen LogP contribution is -2.41. The van der Waals surface area contributed by atoms with Gasteiger partial charge in [-0.05, 0) is 37.3 Å². The summed E-state index contributed by atoms with van der Waals surface area (Å²) in [5, 5.41) is 9.40. The third kappa shape index (κ3) is 2.92. The van der Waals surface area contributed by atoms with Gasteiger partial charge in [-0.15, -0.1) is 21.5 Å². The fraction of sp³-hybridized carbons (Fsp3) is 0.211. The van der Waals surface area contributed by atoms with Crippen LogP contribution >= 0.6 is 11.3 Å². The maximum Gasteiger partial charge on any atom is 0.254 e. The highest BCUT2D eigenvalue weighted by atomic mass is 32.1. The molecule has 1 aromatic carbocycles. The van der Waals surface area contributed by atoms with Gasteiger partial charge in [0.25, 0.3) is 5.91 Å². The number of benzene rings is 1. The quantitative estimate of drug-likeness (QED) is 0.546. The Labute approximate surface area is 168 Å². The standard InChI is InChI=1S/C19H16FN7OS/c1-10-16-24-25-17(18-23-13-9-22-15(21)8-14(13)29-18)27(16)7-6-26(10)19(28)11-2-4-12(20)5-3-11/h2-5,8-10H,6-7H2,1H3,(H2,21,22)/t10-/m1/s1. The summed E-state index contributed by atoms with van der Waals surface area (Å²) in [7, 11) is 0. The zero-order valence-electron chi connectivity index (χ0n) is 15.4. The Kier molecular flexibility index (Phi) is 4.02. The van der Waals surface area contributed by atoms with Crippen molar-refractivity contribution in [3.8, 4) is 10.8 Å². The number of halogens is 1. The van der Waals surface area contributed by atoms with Crippen LogP contribution in [0.1, 0.15) is 29.1 Å². The van der Waals surface area contributed by atoms with Gasteiger partial charge in [-0.25, -0.2) is 14.4 Å². The minimum Gasteiger partial charge on any atom is -0.384 e. The van der Waals surface area contributed by atoms with Crippen molar-refractivity contribution in [2.45, 2.75) is 19.5 Å². The molecule has 0 fully saturated rings. The average molecular weight is 409 g/mol. The summed E-state index contributed by atoms with van der Waals surface area (Å²) in [4.78, 5) is 23.3. The summed E-state index contributed by atoms with van der Waals surface area (Å²) in [6, 6.07) is 7.09. The van der Waals surface area contributed by atoms with Crippen LogP contribution in [0.5, 0.6) is 0 Å². The maximum atomic E-state index is 13.2. The highest BCUT2D eigenvalue weighted by molar-refractivity contribution is 7.21. The van der Waals surface area contributed by atoms with Gasteiger partial charge in [-0.2, -0.15) is 0 Å². The van der Waals surface area contributed by atoms with Crippen LogP contribution in [0.4, 0.5) is 10.2 Å². The first-order chi connectivity index (χ1) is 14.0. The number of carbonyl (C=O) groups is 1. The Morgan fingerprint density at radius 3 is 2.83 bits per heavy atom. The number of carbonyl (C=O) groups excluding carboxylic acids is 1. The number of nitrogens with two attached hydrogens (primary N) is 1. The molecule has 1 amide bonds. The van der Waals surface area contributed by atoms with Crippen molar-refractivity contribution in [3.63, 3.8) is 0 Å². The zero-order valence-corrected chi connectivity index (χ0v) is 16.2. The molecule has 0 saturated carbocycles. The molecule has 4 aromatic rings. The molecular formula is C19H16FN7OS. The molecule has 4 heterocycles. The van der Waals surface area contributed by atoms with Crippen LogP contribution in [0, 0.1) is 5.82 Å². The van der Waals surface area contributed by atoms with Gasteiger partial charge < -0.3 is 15.2 Å². The molecule has 0 bridgehead atoms. The van der Waals surface area contributed by atoms with Crippen LogP contribution in [-0.2, 0) is 6.54 Å². The van der Waals surface area contributed by atoms with Crippen molar-refractivity contribution in [1.82, 2.24) is 29.6 Å². The summed E-state index contributed by atoms with van der Waals surface area (Å²) < 4.78 is 16.1. The minimum absolute atomic E-state index is 0.158. The van der Waals surface area contributed by atoms with Gasteiger partial charge in [-0.3, -0.25) is 4.79 Å². The number of amides is 1. The van der Waals surface area contributed by atoms with E-state index >= 15 is 0 Å². The van der Waals surface area contributed by atoms with Crippen LogP contribution in [0.2, 0.25) is 0 Å². The van der Waals surface area contributed by atoms with Crippen molar-refractivity contribution < 1.29 is 9.18 Å². The fourth-order valence-electron chi connectivity index (χ4n) is 3.52. The number of fused-ring (bicyclic) bond motifs is 2. The number of rotatable bonds is 2. The van der Waals surface area contributed by atoms with E-state index in [1.165, 1.54) is 35.6 Å². The molecule has 0 spiro atoms. The fourth-order valence-corrected chi connectivity index (χ4v) is 4.50. The van der Waals surface area contributed by atoms with Crippen molar-refractivity contribution in [2.24, 2.45) is 0 Å². The van der Waals surface area contributed by atoms with E-state index < -0.39 is 0 Å². The summed E-state index contributed by atoms with van der Waals surface area (Å²) in [6.45, 7) is 2.95. The predicted molar refractivity (Wildman–Crippen MR) is 107 cm³/mol. The molecule has 2 N–H and O–H groups in total. The summed E-state index contributed by atoms with van der Waals surface area (Å²) in [5.41, 5.74) is 6.96. The zero-order chi connectivity index (χ0) is 20.1. The molecule has 29 heavy (non-hydrogen) atoms. The number of aromatic nitrogens is 5. The Morgan fingerprint density at radius 1 is 1.24 bits per heavy atom. The van der Waals surface area contributed by atoms with Gasteiger partial charge >= 0.3 is 0 Å². The highest BCUT2D eigenvalue weighted by Gasteiger charge is 2.32. The van der Waals surface area contributed by atoms with Crippen LogP contribution in [0.25, 0.3) is 21.0 Å². The van der Waals surface area contributed by atoms with Crippen molar-refractivity contribution >= 4 is 33.3 Å². The van der Waals surface area contributed by atoms with E-state index in [2.05, 4.69) is 20.2 Å². The monoisotopic (exact) mass is 409 g/mol. The smallest absolute Gasteiger partial charge is 0.254 e. The van der Waals surface area contributed by atoms with Gasteiger partial charge in [-0.1, -0.05) is 0 Å². The molecule has 0 radical (unpaired) electrons. The lowest BCUT2D eigenvalue weighted by Gasteiger charge is -2.33. The van der Waals surface area contributed by atoms with Crippen molar-refractivity contribution in [3.05, 3.63) is 53.7 Å². The van der Waals surface area contributed by atoms with Gasteiger partial charge in [0.15, 0.2) is 16.7 Å². The number of nitrogens with zero attached hydrogens (tertiary/aromatic N) is 6. The first-order valence-electron chi connectivity index (χ1n) is 9.03. The number of anilines is 1. The van der Waals surface area contributed by atoms with E-state index in [4.69, 9.17) is 5.73 Å². The van der Waals surface area contributed by atoms with E-state index in [-0.39, 0.29) is 17.8 Å². The summed E-state index contributed by atoms with van der Waals surface area (Å²) in [6.07, 6.45) is 1.64. The molecule has 1 aliphatic rings. The van der Waals surface area contributed by atoms with Crippen molar-refractivity contribution in [2.75, 3.05) is 12.3 Å². The molecule has 0 unspecified atom stereocenters. The molecule has 1 aliphatic heterocycles. The Hall–Kier alpha value is -3.40. The number of pyridine rings is 1. The SMILES string of the molecule is C[C@@H]1c2nnc(-c3nc4cnc(N)cc4s3)n2CCN1C(=O)c1ccc(F)cc1. The van der Waals surface area contributed by atoms with Gasteiger partial charge in [0.1, 0.15) is 17.2 Å². The summed E-state index contributed by atoms with van der Waals surface area (Å²) in [5.74, 6) is 1.28. The number of hydrogen-bond donors (Lipinski definition) is 1. The van der Waals surface area contributed by atoms with E-state index in [0.717, 1.165) is 15.2 Å². The second-order valence-corrected chi connectivity index (χ2v) is 7.84. The Balaban J connectivity index is 1.47. The molecule has 1 atom stereocenters. The summed E-state index contributed by atoms with van der Waals surface area (Å²) >= 11 is 1.48. The molecule has 10 heteroatoms. The molecule has 3 aromatic heterocycles. The average Bonchev–Trinajstić information content (AvgIpc) is 3.32. The van der Waals surface area contributed by atoms with Crippen LogP contribution in [0.3, 0.4) is 0 Å². The Morgan fingerprint density at radius 2 is 2.03 bits per heavy atom. The predicted octanol–water partition coefficient (Wildman–Crippen LogP) is 2.89. The van der Waals surface area contributed by atoms with Gasteiger partial charge in [0.05, 0.1) is 16.9 Å². The molecule has 0 aliphatic carbocycles. The van der Waals surface area contributed by atoms with Crippen LogP contribution in [0.15, 0.2) is 36.5 Å². The second kappa shape index (κ2) is 6.59. The lowest BCUT2D eigenvalue weighted by molar-refractivity contribution is 0.0638. The minimum atomic E-state index is -0.370. The highest BCUT2D eigenvalue weighted by Crippen LogP contribution is 2.33. The second-order valence-electron chi connectivity index (χ2n) is 6.81.